The van der Waals surface area contributed by atoms with E-state index in [-0.39, 0.29) is 12.5 Å². The molecule has 148 valence electrons. The standard InChI is InChI=1S/C20H24N4O4/c1-6-16(20(26)27)23-19(25)14-8-17(13-7-11(4)28-12(13)5)22-18-15(14)9-21-24(18)10(2)3/h7-10,16H,6H2,1-5H3,(H,23,25)(H,26,27). The van der Waals surface area contributed by atoms with Gasteiger partial charge in [0.2, 0.25) is 0 Å². The highest BCUT2D eigenvalue weighted by atomic mass is 16.4. The lowest BCUT2D eigenvalue weighted by Crippen LogP contribution is -2.40. The van der Waals surface area contributed by atoms with Crippen LogP contribution in [0.3, 0.4) is 0 Å². The van der Waals surface area contributed by atoms with Crippen LogP contribution < -0.4 is 5.32 Å². The molecule has 0 fully saturated rings. The number of nitrogens with zero attached hydrogens (tertiary/aromatic N) is 3. The van der Waals surface area contributed by atoms with Gasteiger partial charge in [0, 0.05) is 11.6 Å². The van der Waals surface area contributed by atoms with Crippen molar-refractivity contribution in [1.82, 2.24) is 20.1 Å². The number of amides is 1. The Morgan fingerprint density at radius 3 is 2.54 bits per heavy atom. The van der Waals surface area contributed by atoms with Crippen molar-refractivity contribution in [3.63, 3.8) is 0 Å². The summed E-state index contributed by atoms with van der Waals surface area (Å²) >= 11 is 0. The van der Waals surface area contributed by atoms with Crippen LogP contribution in [0, 0.1) is 13.8 Å². The summed E-state index contributed by atoms with van der Waals surface area (Å²) in [5.74, 6) is -0.0948. The number of fused-ring (bicyclic) bond motifs is 1. The van der Waals surface area contributed by atoms with Crippen LogP contribution in [-0.2, 0) is 4.79 Å². The minimum Gasteiger partial charge on any atom is -0.480 e. The highest BCUT2D eigenvalue weighted by Crippen LogP contribution is 2.30. The monoisotopic (exact) mass is 384 g/mol. The van der Waals surface area contributed by atoms with Gasteiger partial charge in [-0.05, 0) is 46.2 Å². The maximum absolute atomic E-state index is 12.9. The second-order valence-electron chi connectivity index (χ2n) is 7.07. The lowest BCUT2D eigenvalue weighted by atomic mass is 10.1. The Balaban J connectivity index is 2.19. The number of carbonyl (C=O) groups excluding carboxylic acids is 1. The first-order valence-electron chi connectivity index (χ1n) is 9.22. The Labute approximate surface area is 162 Å². The van der Waals surface area contributed by atoms with E-state index in [1.54, 1.807) is 23.9 Å². The van der Waals surface area contributed by atoms with Crippen molar-refractivity contribution in [2.24, 2.45) is 0 Å². The molecule has 3 aromatic rings. The molecule has 1 unspecified atom stereocenters. The minimum atomic E-state index is -1.07. The smallest absolute Gasteiger partial charge is 0.326 e. The number of aliphatic carboxylic acids is 1. The fourth-order valence-electron chi connectivity index (χ4n) is 3.18. The summed E-state index contributed by atoms with van der Waals surface area (Å²) in [6.07, 6.45) is 1.88. The van der Waals surface area contributed by atoms with Crippen molar-refractivity contribution in [1.29, 1.82) is 0 Å². The van der Waals surface area contributed by atoms with E-state index in [0.717, 1.165) is 11.3 Å². The summed E-state index contributed by atoms with van der Waals surface area (Å²) in [4.78, 5) is 29.0. The summed E-state index contributed by atoms with van der Waals surface area (Å²) in [5.41, 5.74) is 2.28. The number of aryl methyl sites for hydroxylation is 2. The molecule has 8 heteroatoms. The summed E-state index contributed by atoms with van der Waals surface area (Å²) in [7, 11) is 0. The fraction of sp³-hybridized carbons (Fsp3) is 0.400. The molecule has 0 aromatic carbocycles. The van der Waals surface area contributed by atoms with Gasteiger partial charge < -0.3 is 14.8 Å². The van der Waals surface area contributed by atoms with Gasteiger partial charge in [0.05, 0.1) is 22.8 Å². The molecule has 0 aliphatic rings. The van der Waals surface area contributed by atoms with Crippen LogP contribution in [0.2, 0.25) is 0 Å². The third kappa shape index (κ3) is 3.49. The number of furan rings is 1. The Kier molecular flexibility index (Phi) is 5.22. The van der Waals surface area contributed by atoms with Crippen molar-refractivity contribution in [2.75, 3.05) is 0 Å². The van der Waals surface area contributed by atoms with Gasteiger partial charge in [-0.1, -0.05) is 6.92 Å². The van der Waals surface area contributed by atoms with E-state index in [1.165, 1.54) is 0 Å². The van der Waals surface area contributed by atoms with Gasteiger partial charge in [0.25, 0.3) is 5.91 Å². The second-order valence-corrected chi connectivity index (χ2v) is 7.07. The van der Waals surface area contributed by atoms with E-state index in [4.69, 9.17) is 9.40 Å². The first-order valence-corrected chi connectivity index (χ1v) is 9.22. The first kappa shape index (κ1) is 19.6. The number of hydrogen-bond acceptors (Lipinski definition) is 5. The average Bonchev–Trinajstić information content (AvgIpc) is 3.20. The summed E-state index contributed by atoms with van der Waals surface area (Å²) in [6.45, 7) is 9.35. The molecule has 3 aromatic heterocycles. The Bertz CT molecular complexity index is 1050. The molecule has 1 amide bonds. The largest absolute Gasteiger partial charge is 0.480 e. The fourth-order valence-corrected chi connectivity index (χ4v) is 3.18. The molecule has 0 saturated heterocycles. The molecule has 0 bridgehead atoms. The molecule has 8 nitrogen and oxygen atoms in total. The molecule has 0 aliphatic heterocycles. The third-order valence-electron chi connectivity index (χ3n) is 4.63. The van der Waals surface area contributed by atoms with E-state index in [0.29, 0.717) is 28.1 Å². The van der Waals surface area contributed by atoms with Gasteiger partial charge in [-0.25, -0.2) is 14.5 Å². The van der Waals surface area contributed by atoms with Gasteiger partial charge in [-0.3, -0.25) is 4.79 Å². The number of carbonyl (C=O) groups is 2. The minimum absolute atomic E-state index is 0.0470. The van der Waals surface area contributed by atoms with Crippen LogP contribution in [0.15, 0.2) is 22.7 Å². The van der Waals surface area contributed by atoms with Crippen molar-refractivity contribution < 1.29 is 19.1 Å². The Hall–Kier alpha value is -3.16. The summed E-state index contributed by atoms with van der Waals surface area (Å²) in [6, 6.07) is 2.62. The molecular formula is C20H24N4O4. The zero-order valence-corrected chi connectivity index (χ0v) is 16.6. The summed E-state index contributed by atoms with van der Waals surface area (Å²) in [5, 5.41) is 16.8. The number of aromatic nitrogens is 3. The number of carboxylic acid groups (broad SMARTS) is 1. The van der Waals surface area contributed by atoms with Gasteiger partial charge in [-0.15, -0.1) is 0 Å². The van der Waals surface area contributed by atoms with E-state index in [1.807, 2.05) is 33.8 Å². The van der Waals surface area contributed by atoms with Crippen molar-refractivity contribution >= 4 is 22.9 Å². The van der Waals surface area contributed by atoms with Crippen LogP contribution in [0.1, 0.15) is 55.1 Å². The molecule has 3 rings (SSSR count). The first-order chi connectivity index (χ1) is 13.2. The maximum atomic E-state index is 12.9. The van der Waals surface area contributed by atoms with Gasteiger partial charge >= 0.3 is 5.97 Å². The number of carboxylic acids is 1. The SMILES string of the molecule is CCC(NC(=O)c1cc(-c2cc(C)oc2C)nc2c1cnn2C(C)C)C(=O)O. The third-order valence-corrected chi connectivity index (χ3v) is 4.63. The molecule has 0 aliphatic carbocycles. The lowest BCUT2D eigenvalue weighted by molar-refractivity contribution is -0.139. The number of hydrogen-bond donors (Lipinski definition) is 2. The zero-order chi connectivity index (χ0) is 20.6. The second kappa shape index (κ2) is 7.46. The maximum Gasteiger partial charge on any atom is 0.326 e. The van der Waals surface area contributed by atoms with E-state index < -0.39 is 17.9 Å². The Morgan fingerprint density at radius 2 is 2.00 bits per heavy atom. The van der Waals surface area contributed by atoms with Gasteiger partial charge in [0.15, 0.2) is 5.65 Å². The summed E-state index contributed by atoms with van der Waals surface area (Å²) < 4.78 is 7.36. The van der Waals surface area contributed by atoms with Gasteiger partial charge in [0.1, 0.15) is 17.6 Å². The predicted octanol–water partition coefficient (Wildman–Crippen LogP) is 3.48. The number of pyridine rings is 1. The highest BCUT2D eigenvalue weighted by Gasteiger charge is 2.23. The molecule has 1 atom stereocenters. The molecule has 28 heavy (non-hydrogen) atoms. The van der Waals surface area contributed by atoms with Crippen LogP contribution in [-0.4, -0.2) is 37.8 Å². The van der Waals surface area contributed by atoms with Crippen LogP contribution in [0.5, 0.6) is 0 Å². The molecule has 0 saturated carbocycles. The highest BCUT2D eigenvalue weighted by molar-refractivity contribution is 6.07. The average molecular weight is 384 g/mol. The number of rotatable bonds is 6. The van der Waals surface area contributed by atoms with E-state index in [2.05, 4.69) is 10.4 Å². The predicted molar refractivity (Wildman–Crippen MR) is 104 cm³/mol. The quantitative estimate of drug-likeness (QED) is 0.673. The van der Waals surface area contributed by atoms with Crippen molar-refractivity contribution in [3.05, 3.63) is 35.4 Å². The van der Waals surface area contributed by atoms with Crippen LogP contribution in [0.4, 0.5) is 0 Å². The molecule has 2 N–H and O–H groups in total. The van der Waals surface area contributed by atoms with E-state index in [9.17, 15) is 14.7 Å². The Morgan fingerprint density at radius 1 is 1.29 bits per heavy atom. The lowest BCUT2D eigenvalue weighted by Gasteiger charge is -2.14. The number of nitrogens with one attached hydrogen (secondary N) is 1. The van der Waals surface area contributed by atoms with Crippen molar-refractivity contribution in [2.45, 2.75) is 53.1 Å². The molecule has 0 spiro atoms. The molecule has 0 radical (unpaired) electrons. The van der Waals surface area contributed by atoms with E-state index >= 15 is 0 Å². The van der Waals surface area contributed by atoms with Crippen LogP contribution in [0.25, 0.3) is 22.3 Å². The molecule has 3 heterocycles. The topological polar surface area (TPSA) is 110 Å². The zero-order valence-electron chi connectivity index (χ0n) is 16.6. The molecular weight excluding hydrogens is 360 g/mol. The van der Waals surface area contributed by atoms with Crippen molar-refractivity contribution in [3.8, 4) is 11.3 Å². The van der Waals surface area contributed by atoms with Crippen LogP contribution >= 0.6 is 0 Å². The normalized spacial score (nSPS) is 12.5. The van der Waals surface area contributed by atoms with Gasteiger partial charge in [-0.2, -0.15) is 5.10 Å².